The van der Waals surface area contributed by atoms with Crippen LogP contribution in [0.1, 0.15) is 46.1 Å². The zero-order chi connectivity index (χ0) is 21.7. The number of carboxylic acid groups (broad SMARTS) is 1. The Labute approximate surface area is 174 Å². The fraction of sp³-hybridized carbons (Fsp3) is 0.619. The maximum Gasteiger partial charge on any atom is 0.271 e. The van der Waals surface area contributed by atoms with Gasteiger partial charge in [-0.2, -0.15) is 0 Å². The molecule has 30 heavy (non-hydrogen) atoms. The van der Waals surface area contributed by atoms with Crippen LogP contribution in [0.2, 0.25) is 0 Å². The topological polar surface area (TPSA) is 109 Å². The molecule has 9 heteroatoms. The van der Waals surface area contributed by atoms with Gasteiger partial charge in [-0.3, -0.25) is 18.7 Å². The standard InChI is InChI=1S/C21H29N5O4/c1-21(2,3)26(10-7-14(8-11-26)23-20(29)30)13-15-6-9-24-17(27)5-4-16-19(24)25(15)18(28)12-22-16/h4-5,12,14-15,23H,6-11,13H2,1-3H3/t14?,15-,26?/m0/s1. The molecule has 0 aliphatic carbocycles. The fourth-order valence-corrected chi connectivity index (χ4v) is 5.26. The van der Waals surface area contributed by atoms with E-state index in [1.54, 1.807) is 15.2 Å². The van der Waals surface area contributed by atoms with Crippen LogP contribution in [-0.4, -0.2) is 55.9 Å². The number of nitrogens with one attached hydrogen (secondary N) is 1. The molecule has 1 saturated heterocycles. The van der Waals surface area contributed by atoms with Gasteiger partial charge in [0, 0.05) is 31.5 Å². The van der Waals surface area contributed by atoms with Crippen molar-refractivity contribution in [1.29, 1.82) is 0 Å². The second kappa shape index (κ2) is 7.23. The first kappa shape index (κ1) is 20.6. The predicted octanol–water partition coefficient (Wildman–Crippen LogP) is 0.214. The number of nitrogens with zero attached hydrogens (tertiary/aromatic N) is 4. The lowest BCUT2D eigenvalue weighted by atomic mass is 9.91. The number of aryl methyl sites for hydroxylation is 1. The van der Waals surface area contributed by atoms with Crippen LogP contribution >= 0.6 is 0 Å². The Morgan fingerprint density at radius 2 is 1.90 bits per heavy atom. The number of quaternary nitrogens is 1. The highest BCUT2D eigenvalue weighted by Crippen LogP contribution is 2.35. The van der Waals surface area contributed by atoms with Gasteiger partial charge in [0.2, 0.25) is 0 Å². The Kier molecular flexibility index (Phi) is 4.96. The monoisotopic (exact) mass is 415 g/mol. The Hall–Kier alpha value is -2.68. The van der Waals surface area contributed by atoms with Crippen molar-refractivity contribution < 1.29 is 14.4 Å². The van der Waals surface area contributed by atoms with Crippen LogP contribution in [0, 0.1) is 0 Å². The van der Waals surface area contributed by atoms with Gasteiger partial charge in [-0.15, -0.1) is 0 Å². The molecule has 4 heterocycles. The number of carbonyl (C=O) groups excluding carboxylic acids is 1. The molecule has 4 rings (SSSR count). The zero-order valence-corrected chi connectivity index (χ0v) is 17.8. The summed E-state index contributed by atoms with van der Waals surface area (Å²) in [6, 6.07) is 3.04. The largest absolute Gasteiger partial charge is 0.530 e. The molecule has 1 amide bonds. The summed E-state index contributed by atoms with van der Waals surface area (Å²) in [5, 5.41) is 13.4. The lowest BCUT2D eigenvalue weighted by Crippen LogP contribution is -2.67. The lowest BCUT2D eigenvalue weighted by molar-refractivity contribution is -0.976. The highest BCUT2D eigenvalue weighted by atomic mass is 16.4. The molecule has 0 radical (unpaired) electrons. The summed E-state index contributed by atoms with van der Waals surface area (Å²) in [4.78, 5) is 40.4. The summed E-state index contributed by atoms with van der Waals surface area (Å²) in [6.07, 6.45) is 2.28. The van der Waals surface area contributed by atoms with Crippen molar-refractivity contribution in [3.63, 3.8) is 0 Å². The number of rotatable bonds is 3. The van der Waals surface area contributed by atoms with Crippen LogP contribution < -0.4 is 21.5 Å². The van der Waals surface area contributed by atoms with E-state index in [9.17, 15) is 19.5 Å². The van der Waals surface area contributed by atoms with Gasteiger partial charge in [0.25, 0.3) is 11.1 Å². The molecule has 1 N–H and O–H groups in total. The van der Waals surface area contributed by atoms with Gasteiger partial charge in [-0.25, -0.2) is 4.98 Å². The van der Waals surface area contributed by atoms with Crippen LogP contribution in [0.4, 0.5) is 4.79 Å². The molecule has 1 atom stereocenters. The first-order valence-corrected chi connectivity index (χ1v) is 10.6. The minimum Gasteiger partial charge on any atom is -0.530 e. The van der Waals surface area contributed by atoms with Gasteiger partial charge < -0.3 is 19.7 Å². The SMILES string of the molecule is CC(C)(C)[N+]1(C[C@@H]2CCn3c(=O)ccc4ncc(=O)n2c43)CCC(NC(=O)[O-])CC1. The van der Waals surface area contributed by atoms with Gasteiger partial charge in [0.1, 0.15) is 23.8 Å². The van der Waals surface area contributed by atoms with E-state index < -0.39 is 6.09 Å². The van der Waals surface area contributed by atoms with Gasteiger partial charge in [-0.1, -0.05) is 0 Å². The maximum absolute atomic E-state index is 12.8. The molecule has 162 valence electrons. The quantitative estimate of drug-likeness (QED) is 0.721. The van der Waals surface area contributed by atoms with Crippen molar-refractivity contribution in [3.05, 3.63) is 39.0 Å². The van der Waals surface area contributed by atoms with Crippen LogP contribution in [0.15, 0.2) is 27.9 Å². The Bertz CT molecular complexity index is 1080. The Morgan fingerprint density at radius 1 is 1.20 bits per heavy atom. The third-order valence-electron chi connectivity index (χ3n) is 7.08. The van der Waals surface area contributed by atoms with Gasteiger partial charge in [0.05, 0.1) is 30.9 Å². The van der Waals surface area contributed by atoms with E-state index in [1.807, 2.05) is 0 Å². The van der Waals surface area contributed by atoms with E-state index in [0.717, 1.165) is 37.0 Å². The number of hydrogen-bond donors (Lipinski definition) is 1. The van der Waals surface area contributed by atoms with Crippen LogP contribution in [0.3, 0.4) is 0 Å². The number of pyridine rings is 1. The average Bonchev–Trinajstić information content (AvgIpc) is 2.67. The maximum atomic E-state index is 12.8. The van der Waals surface area contributed by atoms with Crippen molar-refractivity contribution in [2.75, 3.05) is 19.6 Å². The number of aromatic nitrogens is 3. The number of piperidine rings is 1. The molecule has 2 aliphatic heterocycles. The van der Waals surface area contributed by atoms with E-state index in [-0.39, 0.29) is 28.7 Å². The lowest BCUT2D eigenvalue weighted by Gasteiger charge is -2.54. The Balaban J connectivity index is 1.71. The molecule has 0 aromatic carbocycles. The smallest absolute Gasteiger partial charge is 0.271 e. The predicted molar refractivity (Wildman–Crippen MR) is 110 cm³/mol. The molecular formula is C21H29N5O4. The second-order valence-corrected chi connectivity index (χ2v) is 9.59. The number of carbonyl (C=O) groups is 1. The first-order valence-electron chi connectivity index (χ1n) is 10.6. The van der Waals surface area contributed by atoms with E-state index in [0.29, 0.717) is 24.1 Å². The van der Waals surface area contributed by atoms with Crippen LogP contribution in [-0.2, 0) is 6.54 Å². The molecule has 9 nitrogen and oxygen atoms in total. The average molecular weight is 415 g/mol. The third-order valence-corrected chi connectivity index (χ3v) is 7.08. The van der Waals surface area contributed by atoms with Crippen molar-refractivity contribution in [3.8, 4) is 0 Å². The molecule has 0 spiro atoms. The van der Waals surface area contributed by atoms with Gasteiger partial charge >= 0.3 is 0 Å². The number of likely N-dealkylation sites (tertiary alicyclic amines) is 1. The number of amides is 1. The second-order valence-electron chi connectivity index (χ2n) is 9.59. The van der Waals surface area contributed by atoms with Crippen LogP contribution in [0.5, 0.6) is 0 Å². The highest BCUT2D eigenvalue weighted by molar-refractivity contribution is 5.70. The summed E-state index contributed by atoms with van der Waals surface area (Å²) >= 11 is 0. The van der Waals surface area contributed by atoms with Crippen molar-refractivity contribution >= 4 is 17.3 Å². The third kappa shape index (κ3) is 3.40. The molecule has 1 fully saturated rings. The molecule has 2 aliphatic rings. The fourth-order valence-electron chi connectivity index (χ4n) is 5.26. The van der Waals surface area contributed by atoms with Crippen LogP contribution in [0.25, 0.3) is 11.2 Å². The van der Waals surface area contributed by atoms with Crippen molar-refractivity contribution in [1.82, 2.24) is 19.4 Å². The normalized spacial score (nSPS) is 26.5. The van der Waals surface area contributed by atoms with E-state index >= 15 is 0 Å². The van der Waals surface area contributed by atoms with Crippen molar-refractivity contribution in [2.24, 2.45) is 0 Å². The van der Waals surface area contributed by atoms with Gasteiger partial charge in [-0.05, 0) is 33.3 Å². The summed E-state index contributed by atoms with van der Waals surface area (Å²) in [5.74, 6) is 0. The zero-order valence-electron chi connectivity index (χ0n) is 17.8. The Morgan fingerprint density at radius 3 is 2.53 bits per heavy atom. The van der Waals surface area contributed by atoms with Gasteiger partial charge in [0.15, 0.2) is 0 Å². The highest BCUT2D eigenvalue weighted by Gasteiger charge is 2.45. The minimum absolute atomic E-state index is 0.0466. The minimum atomic E-state index is -1.23. The molecule has 0 bridgehead atoms. The van der Waals surface area contributed by atoms with E-state index in [4.69, 9.17) is 0 Å². The summed E-state index contributed by atoms with van der Waals surface area (Å²) in [5.41, 5.74) is 0.878. The molecule has 2 aromatic rings. The molecule has 0 saturated carbocycles. The molecule has 2 aromatic heterocycles. The summed E-state index contributed by atoms with van der Waals surface area (Å²) in [7, 11) is 0. The first-order chi connectivity index (χ1) is 14.1. The molecule has 0 unspecified atom stereocenters. The van der Waals surface area contributed by atoms with Crippen molar-refractivity contribution in [2.45, 2.75) is 64.2 Å². The van der Waals surface area contributed by atoms with E-state index in [2.05, 4.69) is 31.1 Å². The number of hydrogen-bond acceptors (Lipinski definition) is 5. The summed E-state index contributed by atoms with van der Waals surface area (Å²) in [6.45, 7) is 9.54. The summed E-state index contributed by atoms with van der Waals surface area (Å²) < 4.78 is 4.19. The van der Waals surface area contributed by atoms with E-state index in [1.165, 1.54) is 12.3 Å². The molecular weight excluding hydrogens is 386 g/mol.